The summed E-state index contributed by atoms with van der Waals surface area (Å²) in [4.78, 5) is 14.4. The molecule has 1 heterocycles. The standard InChI is InChI=1S/C16H25NO2.CH4O.CH4.ClH/c1-16(11-18)4-6-17(7-5-16)15(19)10-14-9-12-2-3-13(14)8-12;1-2;;/h2-3,12-14,18H,4-11H2,1H3;2H,1H3;1H4;1H/i1T;2T;1T;/hT. The van der Waals surface area contributed by atoms with Gasteiger partial charge in [-0.05, 0) is 48.9 Å². The molecular formula is C18H34ClNO3. The molecule has 3 atom stereocenters. The summed E-state index contributed by atoms with van der Waals surface area (Å²) in [5.74, 6) is 2.20. The Balaban J connectivity index is 0.000000860. The second kappa shape index (κ2) is 9.65. The molecule has 0 aromatic carbocycles. The lowest BCUT2D eigenvalue weighted by Crippen LogP contribution is -2.44. The number of hydrogen-bond acceptors (Lipinski definition) is 3. The SMILES string of the molecule is [3H]C.[3H]CC1(CO)CCN(C(=O)CC2CC3C=CC2C3)CC1.[3H]Cl.[3H]OC. The minimum absolute atomic E-state index is 0.0791. The van der Waals surface area contributed by atoms with E-state index < -0.39 is 0 Å². The van der Waals surface area contributed by atoms with Crippen LogP contribution < -0.4 is 0 Å². The number of piperidine rings is 1. The Morgan fingerprint density at radius 2 is 2.13 bits per heavy atom. The molecule has 1 saturated carbocycles. The van der Waals surface area contributed by atoms with Crippen molar-refractivity contribution < 1.29 is 17.8 Å². The van der Waals surface area contributed by atoms with E-state index in [0.29, 0.717) is 18.3 Å². The summed E-state index contributed by atoms with van der Waals surface area (Å²) in [6, 6.07) is 0. The number of aliphatic hydroxyl groups is 2. The predicted molar refractivity (Wildman–Crippen MR) is 96.6 cm³/mol. The fraction of sp³-hybridized carbons (Fsp3) is 0.833. The molecule has 2 fully saturated rings. The van der Waals surface area contributed by atoms with Gasteiger partial charge in [0.05, 0.1) is 0 Å². The molecular weight excluding hydrogens is 314 g/mol. The molecule has 0 radical (unpaired) electrons. The van der Waals surface area contributed by atoms with Gasteiger partial charge in [0.25, 0.3) is 0 Å². The van der Waals surface area contributed by atoms with E-state index in [-0.39, 0.29) is 24.8 Å². The van der Waals surface area contributed by atoms with Gasteiger partial charge in [-0.15, -0.1) is 12.3 Å². The molecule has 2 bridgehead atoms. The van der Waals surface area contributed by atoms with Crippen LogP contribution in [0.2, 0.25) is 0 Å². The number of halogens is 1. The van der Waals surface area contributed by atoms with E-state index in [1.165, 1.54) is 27.4 Å². The van der Waals surface area contributed by atoms with Gasteiger partial charge in [0.2, 0.25) is 7.34 Å². The third kappa shape index (κ3) is 5.20. The first kappa shape index (κ1) is 15.9. The Morgan fingerprint density at radius 3 is 2.57 bits per heavy atom. The summed E-state index contributed by atoms with van der Waals surface area (Å²) in [5.41, 5.74) is -0.258. The number of aliphatic hydroxyl groups excluding tert-OH is 2. The fourth-order valence-corrected chi connectivity index (χ4v) is 3.87. The van der Waals surface area contributed by atoms with Crippen LogP contribution in [-0.2, 0) is 4.79 Å². The van der Waals surface area contributed by atoms with Crippen molar-refractivity contribution in [1.82, 2.24) is 4.90 Å². The summed E-state index contributed by atoms with van der Waals surface area (Å²) < 4.78 is 24.3. The molecule has 0 spiro atoms. The third-order valence-electron chi connectivity index (χ3n) is 5.37. The molecule has 0 aromatic rings. The van der Waals surface area contributed by atoms with E-state index in [9.17, 15) is 9.90 Å². The van der Waals surface area contributed by atoms with Crippen molar-refractivity contribution in [2.24, 2.45) is 23.2 Å². The van der Waals surface area contributed by atoms with E-state index in [0.717, 1.165) is 31.8 Å². The number of allylic oxidation sites excluding steroid dienone is 2. The van der Waals surface area contributed by atoms with Crippen molar-refractivity contribution in [3.8, 4) is 0 Å². The molecule has 23 heavy (non-hydrogen) atoms. The summed E-state index contributed by atoms with van der Waals surface area (Å²) in [6.45, 7) is 1.78. The van der Waals surface area contributed by atoms with Gasteiger partial charge in [-0.2, -0.15) is 0 Å². The quantitative estimate of drug-likeness (QED) is 0.765. The topological polar surface area (TPSA) is 60.8 Å². The van der Waals surface area contributed by atoms with Crippen LogP contribution >= 0.6 is 12.3 Å². The smallest absolute Gasteiger partial charge is 0.222 e. The maximum absolute atomic E-state index is 12.4. The molecule has 4 nitrogen and oxygen atoms in total. The number of amides is 1. The summed E-state index contributed by atoms with van der Waals surface area (Å²) in [7, 11) is 2.54. The van der Waals surface area contributed by atoms with Gasteiger partial charge in [-0.25, -0.2) is 0 Å². The molecule has 136 valence electrons. The maximum Gasteiger partial charge on any atom is 0.222 e. The van der Waals surface area contributed by atoms with E-state index in [1.807, 2.05) is 4.90 Å². The Morgan fingerprint density at radius 1 is 1.48 bits per heavy atom. The number of hydrogen-bond donors (Lipinski definition) is 2. The highest BCUT2D eigenvalue weighted by Crippen LogP contribution is 2.45. The molecule has 2 aliphatic carbocycles. The third-order valence-corrected chi connectivity index (χ3v) is 5.37. The van der Waals surface area contributed by atoms with Crippen molar-refractivity contribution in [3.63, 3.8) is 0 Å². The van der Waals surface area contributed by atoms with Crippen LogP contribution in [0.4, 0.5) is 0 Å². The second-order valence-corrected chi connectivity index (χ2v) is 6.78. The first-order valence-electron chi connectivity index (χ1n) is 10.4. The van der Waals surface area contributed by atoms with E-state index >= 15 is 0 Å². The van der Waals surface area contributed by atoms with Gasteiger partial charge in [0.15, 0.2) is 0 Å². The lowest BCUT2D eigenvalue weighted by molar-refractivity contribution is -0.135. The molecule has 3 unspecified atom stereocenters. The Kier molecular flexibility index (Phi) is 6.68. The number of carbonyl (C=O) groups is 1. The van der Waals surface area contributed by atoms with Gasteiger partial charge in [0.1, 0.15) is 1.17 Å². The van der Waals surface area contributed by atoms with Crippen molar-refractivity contribution in [2.45, 2.75) is 46.4 Å². The van der Waals surface area contributed by atoms with Crippen LogP contribution in [0.3, 0.4) is 0 Å². The molecule has 3 aliphatic rings. The Hall–Kier alpha value is -0.580. The van der Waals surface area contributed by atoms with Crippen molar-refractivity contribution in [1.29, 1.82) is 2.60 Å². The highest BCUT2D eigenvalue weighted by atomic mass is 35.5. The zero-order valence-electron chi connectivity index (χ0n) is 18.3. The van der Waals surface area contributed by atoms with Crippen LogP contribution in [0.1, 0.15) is 49.1 Å². The summed E-state index contributed by atoms with van der Waals surface area (Å²) in [5, 5.41) is 12.9. The molecule has 2 N–H and O–H groups in total. The van der Waals surface area contributed by atoms with Crippen LogP contribution in [-0.4, -0.2) is 50.4 Å². The van der Waals surface area contributed by atoms with Crippen LogP contribution in [0.15, 0.2) is 12.2 Å². The van der Waals surface area contributed by atoms with Gasteiger partial charge < -0.3 is 15.1 Å². The number of carbonyl (C=O) groups excluding carboxylic acids is 1. The fourth-order valence-electron chi connectivity index (χ4n) is 3.87. The average Bonchev–Trinajstić information content (AvgIpc) is 3.35. The molecule has 1 aliphatic heterocycles. The lowest BCUT2D eigenvalue weighted by Gasteiger charge is -2.38. The number of rotatable bonds is 3. The van der Waals surface area contributed by atoms with Crippen molar-refractivity contribution >= 4 is 18.2 Å². The molecule has 1 saturated heterocycles. The molecule has 1 amide bonds. The first-order valence-corrected chi connectivity index (χ1v) is 7.93. The largest absolute Gasteiger partial charge is 0.400 e. The zero-order chi connectivity index (χ0) is 20.9. The Labute approximate surface area is 152 Å². The summed E-state index contributed by atoms with van der Waals surface area (Å²) >= 11 is 3.89. The molecule has 0 aromatic heterocycles. The lowest BCUT2D eigenvalue weighted by atomic mass is 9.81. The van der Waals surface area contributed by atoms with Crippen LogP contribution in [0.25, 0.3) is 0 Å². The van der Waals surface area contributed by atoms with Crippen molar-refractivity contribution in [2.75, 3.05) is 26.8 Å². The second-order valence-electron chi connectivity index (χ2n) is 6.78. The van der Waals surface area contributed by atoms with Crippen molar-refractivity contribution in [3.05, 3.63) is 12.2 Å². The minimum Gasteiger partial charge on any atom is -0.400 e. The zero-order valence-corrected chi connectivity index (χ0v) is 15.1. The maximum atomic E-state index is 12.4. The van der Waals surface area contributed by atoms with Gasteiger partial charge in [-0.1, -0.05) is 26.5 Å². The highest BCUT2D eigenvalue weighted by molar-refractivity contribution is 5.85. The van der Waals surface area contributed by atoms with E-state index in [1.54, 1.807) is 0 Å². The Bertz CT molecular complexity index is 429. The predicted octanol–water partition coefficient (Wildman–Crippen LogP) is 2.88. The number of likely N-dealkylation sites (tertiary alicyclic amines) is 1. The van der Waals surface area contributed by atoms with Crippen LogP contribution in [0.5, 0.6) is 0 Å². The number of nitrogens with zero attached hydrogens (tertiary/aromatic N) is 1. The van der Waals surface area contributed by atoms with E-state index in [2.05, 4.69) is 29.6 Å². The molecule has 5 heteroatoms. The van der Waals surface area contributed by atoms with Gasteiger partial charge in [0, 0.05) is 36.0 Å². The monoisotopic (exact) mass is 355 g/mol. The van der Waals surface area contributed by atoms with Gasteiger partial charge in [-0.3, -0.25) is 4.79 Å². The summed E-state index contributed by atoms with van der Waals surface area (Å²) in [6.07, 6.45) is 9.30. The first-order chi connectivity index (χ1) is 13.1. The highest BCUT2D eigenvalue weighted by Gasteiger charge is 2.38. The number of fused-ring (bicyclic) bond motifs is 2. The molecule has 3 rings (SSSR count). The van der Waals surface area contributed by atoms with Gasteiger partial charge >= 0.3 is 0 Å². The minimum atomic E-state index is -0.258. The van der Waals surface area contributed by atoms with E-state index in [4.69, 9.17) is 5.35 Å². The normalized spacial score (nSPS) is 31.7. The van der Waals surface area contributed by atoms with Crippen LogP contribution in [0, 0.1) is 23.2 Å². The average molecular weight is 356 g/mol.